The molecular formula is C16H17ClN4. The van der Waals surface area contributed by atoms with E-state index in [0.717, 1.165) is 11.4 Å². The van der Waals surface area contributed by atoms with Crippen molar-refractivity contribution in [1.29, 1.82) is 5.26 Å². The summed E-state index contributed by atoms with van der Waals surface area (Å²) in [5.74, 6) is 0. The van der Waals surface area contributed by atoms with Gasteiger partial charge in [0.05, 0.1) is 29.5 Å². The number of hydrogen-bond acceptors (Lipinski definition) is 3. The lowest BCUT2D eigenvalue weighted by atomic mass is 10.2. The maximum absolute atomic E-state index is 9.12. The lowest BCUT2D eigenvalue weighted by molar-refractivity contribution is 0.463. The van der Waals surface area contributed by atoms with Crippen LogP contribution in [0.4, 0.5) is 5.69 Å². The number of anilines is 1. The summed E-state index contributed by atoms with van der Waals surface area (Å²) in [6, 6.07) is 10.0. The summed E-state index contributed by atoms with van der Waals surface area (Å²) in [5.41, 5.74) is 2.33. The first-order valence-electron chi connectivity index (χ1n) is 7.24. The third-order valence-electron chi connectivity index (χ3n) is 3.92. The van der Waals surface area contributed by atoms with Gasteiger partial charge in [0, 0.05) is 11.2 Å². The van der Waals surface area contributed by atoms with Crippen molar-refractivity contribution in [3.63, 3.8) is 0 Å². The van der Waals surface area contributed by atoms with Gasteiger partial charge in [-0.1, -0.05) is 24.4 Å². The SMILES string of the molecule is N#Cc1cc(Cl)ccc1NCc1ccn(C2CCCC2)n1. The molecule has 1 N–H and O–H groups in total. The topological polar surface area (TPSA) is 53.6 Å². The largest absolute Gasteiger partial charge is 0.378 e. The summed E-state index contributed by atoms with van der Waals surface area (Å²) in [4.78, 5) is 0. The second-order valence-electron chi connectivity index (χ2n) is 5.38. The summed E-state index contributed by atoms with van der Waals surface area (Å²) < 4.78 is 2.08. The molecule has 0 saturated heterocycles. The molecule has 5 heteroatoms. The molecule has 1 fully saturated rings. The lowest BCUT2D eigenvalue weighted by Gasteiger charge is -2.09. The van der Waals surface area contributed by atoms with E-state index in [1.165, 1.54) is 25.7 Å². The van der Waals surface area contributed by atoms with Crippen molar-refractivity contribution in [3.05, 3.63) is 46.7 Å². The van der Waals surface area contributed by atoms with E-state index in [1.807, 2.05) is 12.1 Å². The van der Waals surface area contributed by atoms with Crippen molar-refractivity contribution < 1.29 is 0 Å². The van der Waals surface area contributed by atoms with E-state index in [4.69, 9.17) is 16.9 Å². The Morgan fingerprint density at radius 2 is 2.14 bits per heavy atom. The molecule has 1 saturated carbocycles. The fraction of sp³-hybridized carbons (Fsp3) is 0.375. The Morgan fingerprint density at radius 1 is 1.33 bits per heavy atom. The number of hydrogen-bond donors (Lipinski definition) is 1. The molecule has 108 valence electrons. The average molecular weight is 301 g/mol. The minimum Gasteiger partial charge on any atom is -0.378 e. The molecule has 4 nitrogen and oxygen atoms in total. The average Bonchev–Trinajstić information content (AvgIpc) is 3.16. The molecule has 21 heavy (non-hydrogen) atoms. The second-order valence-corrected chi connectivity index (χ2v) is 5.82. The maximum Gasteiger partial charge on any atom is 0.101 e. The summed E-state index contributed by atoms with van der Waals surface area (Å²) >= 11 is 5.89. The molecule has 0 amide bonds. The van der Waals surface area contributed by atoms with Crippen LogP contribution in [-0.4, -0.2) is 9.78 Å². The molecular weight excluding hydrogens is 284 g/mol. The van der Waals surface area contributed by atoms with Crippen LogP contribution in [0.2, 0.25) is 5.02 Å². The quantitative estimate of drug-likeness (QED) is 0.923. The van der Waals surface area contributed by atoms with E-state index < -0.39 is 0 Å². The molecule has 0 spiro atoms. The van der Waals surface area contributed by atoms with E-state index in [9.17, 15) is 0 Å². The Labute approximate surface area is 129 Å². The van der Waals surface area contributed by atoms with Crippen molar-refractivity contribution in [2.45, 2.75) is 38.3 Å². The monoisotopic (exact) mass is 300 g/mol. The number of benzene rings is 1. The predicted octanol–water partition coefficient (Wildman–Crippen LogP) is 4.14. The highest BCUT2D eigenvalue weighted by molar-refractivity contribution is 6.30. The highest BCUT2D eigenvalue weighted by Crippen LogP contribution is 2.28. The van der Waals surface area contributed by atoms with E-state index >= 15 is 0 Å². The number of rotatable bonds is 4. The van der Waals surface area contributed by atoms with Gasteiger partial charge in [0.1, 0.15) is 6.07 Å². The maximum atomic E-state index is 9.12. The fourth-order valence-corrected chi connectivity index (χ4v) is 2.96. The first kappa shape index (κ1) is 14.0. The Hall–Kier alpha value is -1.99. The summed E-state index contributed by atoms with van der Waals surface area (Å²) in [5, 5.41) is 17.6. The second kappa shape index (κ2) is 6.19. The van der Waals surface area contributed by atoms with Gasteiger partial charge < -0.3 is 5.32 Å². The Morgan fingerprint density at radius 3 is 2.90 bits per heavy atom. The molecule has 0 atom stereocenters. The number of nitrogens with zero attached hydrogens (tertiary/aromatic N) is 3. The van der Waals surface area contributed by atoms with Gasteiger partial charge in [-0.25, -0.2) is 0 Å². The molecule has 0 aliphatic heterocycles. The minimum absolute atomic E-state index is 0.553. The zero-order valence-corrected chi connectivity index (χ0v) is 12.5. The zero-order valence-electron chi connectivity index (χ0n) is 11.7. The first-order valence-corrected chi connectivity index (χ1v) is 7.61. The van der Waals surface area contributed by atoms with Crippen LogP contribution in [0, 0.1) is 11.3 Å². The predicted molar refractivity (Wildman–Crippen MR) is 83.2 cm³/mol. The van der Waals surface area contributed by atoms with E-state index in [0.29, 0.717) is 23.2 Å². The number of nitrogens with one attached hydrogen (secondary N) is 1. The minimum atomic E-state index is 0.553. The van der Waals surface area contributed by atoms with Crippen LogP contribution >= 0.6 is 11.6 Å². The van der Waals surface area contributed by atoms with Crippen LogP contribution in [0.5, 0.6) is 0 Å². The van der Waals surface area contributed by atoms with Gasteiger partial charge in [-0.2, -0.15) is 10.4 Å². The Balaban J connectivity index is 1.66. The van der Waals surface area contributed by atoms with E-state index in [1.54, 1.807) is 12.1 Å². The van der Waals surface area contributed by atoms with Crippen LogP contribution in [0.15, 0.2) is 30.5 Å². The highest BCUT2D eigenvalue weighted by Gasteiger charge is 2.17. The third-order valence-corrected chi connectivity index (χ3v) is 4.16. The molecule has 1 heterocycles. The van der Waals surface area contributed by atoms with Crippen LogP contribution < -0.4 is 5.32 Å². The molecule has 0 unspecified atom stereocenters. The number of aromatic nitrogens is 2. The van der Waals surface area contributed by atoms with Gasteiger partial charge in [-0.05, 0) is 37.1 Å². The molecule has 1 aliphatic rings. The van der Waals surface area contributed by atoms with Crippen LogP contribution in [0.25, 0.3) is 0 Å². The Bertz CT molecular complexity index is 665. The van der Waals surface area contributed by atoms with Gasteiger partial charge in [0.2, 0.25) is 0 Å². The van der Waals surface area contributed by atoms with Gasteiger partial charge in [0.25, 0.3) is 0 Å². The van der Waals surface area contributed by atoms with Crippen molar-refractivity contribution in [1.82, 2.24) is 9.78 Å². The zero-order chi connectivity index (χ0) is 14.7. The van der Waals surface area contributed by atoms with Crippen molar-refractivity contribution >= 4 is 17.3 Å². The fourth-order valence-electron chi connectivity index (χ4n) is 2.79. The standard InChI is InChI=1S/C16H17ClN4/c17-13-5-6-16(12(9-13)10-18)19-11-14-7-8-21(20-14)15-3-1-2-4-15/h5-9,15,19H,1-4,11H2. The molecule has 0 bridgehead atoms. The van der Waals surface area contributed by atoms with Crippen LogP contribution in [0.3, 0.4) is 0 Å². The third kappa shape index (κ3) is 3.20. The normalized spacial score (nSPS) is 15.0. The molecule has 2 aromatic rings. The smallest absolute Gasteiger partial charge is 0.101 e. The lowest BCUT2D eigenvalue weighted by Crippen LogP contribution is -2.07. The van der Waals surface area contributed by atoms with Crippen molar-refractivity contribution in [2.75, 3.05) is 5.32 Å². The van der Waals surface area contributed by atoms with Crippen LogP contribution in [0.1, 0.15) is 43.0 Å². The first-order chi connectivity index (χ1) is 10.3. The summed E-state index contributed by atoms with van der Waals surface area (Å²) in [6.07, 6.45) is 7.11. The van der Waals surface area contributed by atoms with E-state index in [-0.39, 0.29) is 0 Å². The molecule has 3 rings (SSSR count). The highest BCUT2D eigenvalue weighted by atomic mass is 35.5. The molecule has 1 aromatic heterocycles. The molecule has 1 aliphatic carbocycles. The molecule has 0 radical (unpaired) electrons. The Kier molecular flexibility index (Phi) is 4.12. The molecule has 1 aromatic carbocycles. The number of halogens is 1. The van der Waals surface area contributed by atoms with Crippen LogP contribution in [-0.2, 0) is 6.54 Å². The van der Waals surface area contributed by atoms with Gasteiger partial charge in [-0.15, -0.1) is 0 Å². The van der Waals surface area contributed by atoms with Crippen molar-refractivity contribution in [2.24, 2.45) is 0 Å². The van der Waals surface area contributed by atoms with Gasteiger partial charge in [0.15, 0.2) is 0 Å². The summed E-state index contributed by atoms with van der Waals surface area (Å²) in [7, 11) is 0. The number of nitriles is 1. The van der Waals surface area contributed by atoms with Gasteiger partial charge >= 0.3 is 0 Å². The van der Waals surface area contributed by atoms with Crippen molar-refractivity contribution in [3.8, 4) is 6.07 Å². The van der Waals surface area contributed by atoms with E-state index in [2.05, 4.69) is 27.4 Å². The van der Waals surface area contributed by atoms with Gasteiger partial charge in [-0.3, -0.25) is 4.68 Å². The summed E-state index contributed by atoms with van der Waals surface area (Å²) in [6.45, 7) is 0.607.